The zero-order valence-electron chi connectivity index (χ0n) is 15.5. The fourth-order valence-electron chi connectivity index (χ4n) is 4.63. The summed E-state index contributed by atoms with van der Waals surface area (Å²) >= 11 is 0. The van der Waals surface area contributed by atoms with Gasteiger partial charge in [0.15, 0.2) is 5.65 Å². The fourth-order valence-corrected chi connectivity index (χ4v) is 4.63. The molecule has 2 aromatic rings. The van der Waals surface area contributed by atoms with Crippen LogP contribution in [-0.4, -0.2) is 39.5 Å². The molecule has 3 atom stereocenters. The van der Waals surface area contributed by atoms with Crippen molar-refractivity contribution in [3.05, 3.63) is 23.0 Å². The Kier molecular flexibility index (Phi) is 3.65. The lowest BCUT2D eigenvalue weighted by atomic mass is 9.56. The van der Waals surface area contributed by atoms with Crippen molar-refractivity contribution in [1.82, 2.24) is 14.8 Å². The Hall–Kier alpha value is -1.95. The first-order valence-electron chi connectivity index (χ1n) is 8.94. The summed E-state index contributed by atoms with van der Waals surface area (Å²) in [6, 6.07) is 1.81. The molecule has 1 aliphatic heterocycles. The molecular weight excluding hydrogens is 318 g/mol. The lowest BCUT2D eigenvalue weighted by Crippen LogP contribution is -2.65. The SMILES string of the molecule is Cc1cc(C(=O)O[C@@H]2[C@@H]3CCCO[C@@H]3C2(C)C)c2c(C)nn(C)c2n1. The van der Waals surface area contributed by atoms with Crippen LogP contribution in [0.25, 0.3) is 11.0 Å². The van der Waals surface area contributed by atoms with Crippen LogP contribution >= 0.6 is 0 Å². The molecule has 0 N–H and O–H groups in total. The highest BCUT2D eigenvalue weighted by molar-refractivity contribution is 6.04. The van der Waals surface area contributed by atoms with Gasteiger partial charge in [-0.25, -0.2) is 9.78 Å². The standard InChI is InChI=1S/C19H25N3O3/c1-10-9-13(14-11(2)21-22(5)17(14)20-10)18(23)25-16-12-7-6-8-24-15(12)19(16,3)4/h9,12,15-16H,6-8H2,1-5H3/t12-,15+,16-/m1/s1. The van der Waals surface area contributed by atoms with E-state index in [2.05, 4.69) is 23.9 Å². The summed E-state index contributed by atoms with van der Waals surface area (Å²) < 4.78 is 13.6. The molecule has 2 aliphatic rings. The zero-order valence-corrected chi connectivity index (χ0v) is 15.5. The second kappa shape index (κ2) is 5.53. The minimum absolute atomic E-state index is 0.106. The number of aryl methyl sites for hydroxylation is 3. The van der Waals surface area contributed by atoms with Gasteiger partial charge in [-0.3, -0.25) is 4.68 Å². The summed E-state index contributed by atoms with van der Waals surface area (Å²) in [6.07, 6.45) is 2.18. The molecular formula is C19H25N3O3. The number of hydrogen-bond acceptors (Lipinski definition) is 5. The number of nitrogens with zero attached hydrogens (tertiary/aromatic N) is 3. The molecule has 1 saturated carbocycles. The number of pyridine rings is 1. The first kappa shape index (κ1) is 16.5. The largest absolute Gasteiger partial charge is 0.458 e. The summed E-state index contributed by atoms with van der Waals surface area (Å²) in [5, 5.41) is 5.19. The summed E-state index contributed by atoms with van der Waals surface area (Å²) in [5.74, 6) is 0.0230. The van der Waals surface area contributed by atoms with Crippen LogP contribution in [0.4, 0.5) is 0 Å². The van der Waals surface area contributed by atoms with Crippen LogP contribution in [0.2, 0.25) is 0 Å². The van der Waals surface area contributed by atoms with Crippen molar-refractivity contribution < 1.29 is 14.3 Å². The molecule has 1 aliphatic carbocycles. The van der Waals surface area contributed by atoms with Crippen LogP contribution in [0.3, 0.4) is 0 Å². The second-order valence-electron chi connectivity index (χ2n) is 7.96. The summed E-state index contributed by atoms with van der Waals surface area (Å²) in [6.45, 7) is 8.84. The number of fused-ring (bicyclic) bond motifs is 2. The van der Waals surface area contributed by atoms with E-state index in [1.165, 1.54) is 0 Å². The normalized spacial score (nSPS) is 27.6. The van der Waals surface area contributed by atoms with Crippen molar-refractivity contribution >= 4 is 17.0 Å². The minimum Gasteiger partial charge on any atom is -0.458 e. The molecule has 1 saturated heterocycles. The lowest BCUT2D eigenvalue weighted by Gasteiger charge is -2.58. The van der Waals surface area contributed by atoms with Gasteiger partial charge in [-0.1, -0.05) is 13.8 Å². The van der Waals surface area contributed by atoms with E-state index < -0.39 is 0 Å². The molecule has 2 aromatic heterocycles. The Morgan fingerprint density at radius 2 is 2.16 bits per heavy atom. The topological polar surface area (TPSA) is 66.2 Å². The number of carbonyl (C=O) groups is 1. The number of ether oxygens (including phenoxy) is 2. The van der Waals surface area contributed by atoms with Gasteiger partial charge in [0.05, 0.1) is 22.7 Å². The Labute approximate surface area is 147 Å². The average Bonchev–Trinajstić information content (AvgIpc) is 2.86. The molecule has 3 heterocycles. The number of aromatic nitrogens is 3. The van der Waals surface area contributed by atoms with E-state index in [0.717, 1.165) is 41.9 Å². The van der Waals surface area contributed by atoms with Crippen molar-refractivity contribution in [3.63, 3.8) is 0 Å². The quantitative estimate of drug-likeness (QED) is 0.784. The van der Waals surface area contributed by atoms with Crippen LogP contribution in [-0.2, 0) is 16.5 Å². The van der Waals surface area contributed by atoms with Gasteiger partial charge in [0, 0.05) is 30.7 Å². The molecule has 134 valence electrons. The summed E-state index contributed by atoms with van der Waals surface area (Å²) in [7, 11) is 1.84. The molecule has 0 spiro atoms. The van der Waals surface area contributed by atoms with Gasteiger partial charge in [0.2, 0.25) is 0 Å². The monoisotopic (exact) mass is 343 g/mol. The van der Waals surface area contributed by atoms with E-state index >= 15 is 0 Å². The second-order valence-corrected chi connectivity index (χ2v) is 7.96. The maximum Gasteiger partial charge on any atom is 0.339 e. The van der Waals surface area contributed by atoms with Crippen molar-refractivity contribution in [2.45, 2.75) is 52.7 Å². The first-order valence-corrected chi connectivity index (χ1v) is 8.94. The average molecular weight is 343 g/mol. The molecule has 0 radical (unpaired) electrons. The highest BCUT2D eigenvalue weighted by atomic mass is 16.6. The van der Waals surface area contributed by atoms with Gasteiger partial charge in [0.1, 0.15) is 6.10 Å². The number of esters is 1. The highest BCUT2D eigenvalue weighted by Crippen LogP contribution is 2.53. The molecule has 0 bridgehead atoms. The zero-order chi connectivity index (χ0) is 17.9. The van der Waals surface area contributed by atoms with E-state index in [4.69, 9.17) is 9.47 Å². The van der Waals surface area contributed by atoms with Gasteiger partial charge in [-0.15, -0.1) is 0 Å². The van der Waals surface area contributed by atoms with Crippen LogP contribution in [0.15, 0.2) is 6.07 Å². The number of rotatable bonds is 2. The molecule has 25 heavy (non-hydrogen) atoms. The Morgan fingerprint density at radius 3 is 2.92 bits per heavy atom. The predicted octanol–water partition coefficient (Wildman–Crippen LogP) is 2.95. The van der Waals surface area contributed by atoms with E-state index in [-0.39, 0.29) is 23.6 Å². The van der Waals surface area contributed by atoms with Gasteiger partial charge in [-0.2, -0.15) is 5.10 Å². The van der Waals surface area contributed by atoms with Crippen molar-refractivity contribution in [2.75, 3.05) is 6.61 Å². The van der Waals surface area contributed by atoms with Crippen LogP contribution in [0.5, 0.6) is 0 Å². The van der Waals surface area contributed by atoms with E-state index in [9.17, 15) is 4.79 Å². The Balaban J connectivity index is 1.67. The van der Waals surface area contributed by atoms with Crippen LogP contribution in [0, 0.1) is 25.2 Å². The molecule has 2 fully saturated rings. The maximum atomic E-state index is 13.0. The smallest absolute Gasteiger partial charge is 0.339 e. The third-order valence-corrected chi connectivity index (χ3v) is 5.77. The van der Waals surface area contributed by atoms with Gasteiger partial charge < -0.3 is 9.47 Å². The Morgan fingerprint density at radius 1 is 1.40 bits per heavy atom. The third kappa shape index (κ3) is 2.38. The molecule has 0 aromatic carbocycles. The van der Waals surface area contributed by atoms with Gasteiger partial charge in [-0.05, 0) is 32.8 Å². The van der Waals surface area contributed by atoms with Crippen molar-refractivity contribution in [1.29, 1.82) is 0 Å². The molecule has 0 unspecified atom stereocenters. The number of carbonyl (C=O) groups excluding carboxylic acids is 1. The first-order chi connectivity index (χ1) is 11.8. The molecule has 6 nitrogen and oxygen atoms in total. The van der Waals surface area contributed by atoms with Gasteiger partial charge >= 0.3 is 5.97 Å². The van der Waals surface area contributed by atoms with Crippen LogP contribution < -0.4 is 0 Å². The van der Waals surface area contributed by atoms with E-state index in [0.29, 0.717) is 11.5 Å². The third-order valence-electron chi connectivity index (χ3n) is 5.77. The minimum atomic E-state index is -0.284. The maximum absolute atomic E-state index is 13.0. The van der Waals surface area contributed by atoms with Crippen molar-refractivity contribution in [2.24, 2.45) is 18.4 Å². The number of hydrogen-bond donors (Lipinski definition) is 0. The highest BCUT2D eigenvalue weighted by Gasteiger charge is 2.60. The van der Waals surface area contributed by atoms with E-state index in [1.54, 1.807) is 10.7 Å². The van der Waals surface area contributed by atoms with Crippen LogP contribution in [0.1, 0.15) is 48.4 Å². The summed E-state index contributed by atoms with van der Waals surface area (Å²) in [5.41, 5.74) is 2.71. The van der Waals surface area contributed by atoms with E-state index in [1.807, 2.05) is 20.9 Å². The molecule has 4 rings (SSSR count). The van der Waals surface area contributed by atoms with Crippen molar-refractivity contribution in [3.8, 4) is 0 Å². The Bertz CT molecular complexity index is 855. The van der Waals surface area contributed by atoms with Gasteiger partial charge in [0.25, 0.3) is 0 Å². The predicted molar refractivity (Wildman–Crippen MR) is 93.4 cm³/mol. The fraction of sp³-hybridized carbons (Fsp3) is 0.632. The molecule has 6 heteroatoms. The molecule has 0 amide bonds. The lowest BCUT2D eigenvalue weighted by molar-refractivity contribution is -0.243. The summed E-state index contributed by atoms with van der Waals surface area (Å²) in [4.78, 5) is 17.5.